The van der Waals surface area contributed by atoms with Gasteiger partial charge in [-0.3, -0.25) is 4.79 Å². The van der Waals surface area contributed by atoms with Crippen LogP contribution in [-0.4, -0.2) is 71.8 Å². The first kappa shape index (κ1) is 22.4. The molecule has 3 atom stereocenters. The molecule has 174 valence electrons. The van der Waals surface area contributed by atoms with Gasteiger partial charge in [-0.25, -0.2) is 4.68 Å². The molecule has 1 aromatic heterocycles. The Morgan fingerprint density at radius 2 is 2.06 bits per heavy atom. The molecule has 4 rings (SSSR count). The largest absolute Gasteiger partial charge is 0.410 e. The molecule has 0 bridgehead atoms. The zero-order valence-electron chi connectivity index (χ0n) is 17.9. The minimum atomic E-state index is -4.34. The molecule has 0 aromatic carbocycles. The fourth-order valence-corrected chi connectivity index (χ4v) is 4.89. The van der Waals surface area contributed by atoms with Gasteiger partial charge in [0.25, 0.3) is 0 Å². The maximum absolute atomic E-state index is 13.6. The van der Waals surface area contributed by atoms with Crippen molar-refractivity contribution in [2.45, 2.75) is 69.8 Å². The second-order valence-electron chi connectivity index (χ2n) is 8.88. The van der Waals surface area contributed by atoms with Gasteiger partial charge in [-0.05, 0) is 51.4 Å². The molecule has 2 fully saturated rings. The zero-order chi connectivity index (χ0) is 22.0. The lowest BCUT2D eigenvalue weighted by atomic mass is 9.84. The Morgan fingerprint density at radius 3 is 2.74 bits per heavy atom. The molecule has 4 heterocycles. The Bertz CT molecular complexity index is 756. The van der Waals surface area contributed by atoms with E-state index in [1.807, 2.05) is 0 Å². The van der Waals surface area contributed by atoms with Crippen LogP contribution in [0.4, 0.5) is 19.0 Å². The summed E-state index contributed by atoms with van der Waals surface area (Å²) in [5.41, 5.74) is 0.566. The number of halogens is 3. The quantitative estimate of drug-likeness (QED) is 0.755. The molecule has 31 heavy (non-hydrogen) atoms. The fourth-order valence-electron chi connectivity index (χ4n) is 4.89. The van der Waals surface area contributed by atoms with E-state index in [0.717, 1.165) is 30.6 Å². The fraction of sp³-hybridized carbons (Fsp3) is 0.810. The second kappa shape index (κ2) is 9.36. The van der Waals surface area contributed by atoms with Gasteiger partial charge in [-0.1, -0.05) is 0 Å². The van der Waals surface area contributed by atoms with Crippen molar-refractivity contribution >= 4 is 11.7 Å². The SMILES string of the molecule is Cc1cc2n(n1)[C@@H](C(F)(F)F)C[C@@H](C1CCN(C(=O)COC[C@@H]3CCCCO3)CC1)N2. The first-order chi connectivity index (χ1) is 14.8. The van der Waals surface area contributed by atoms with Crippen LogP contribution in [0, 0.1) is 12.8 Å². The number of nitrogens with zero attached hydrogens (tertiary/aromatic N) is 3. The zero-order valence-corrected chi connectivity index (χ0v) is 17.9. The monoisotopic (exact) mass is 444 g/mol. The number of alkyl halides is 3. The highest BCUT2D eigenvalue weighted by atomic mass is 19.4. The van der Waals surface area contributed by atoms with Crippen LogP contribution < -0.4 is 5.32 Å². The van der Waals surface area contributed by atoms with E-state index in [1.165, 1.54) is 0 Å². The summed E-state index contributed by atoms with van der Waals surface area (Å²) in [5.74, 6) is 0.440. The summed E-state index contributed by atoms with van der Waals surface area (Å²) >= 11 is 0. The van der Waals surface area contributed by atoms with Gasteiger partial charge in [0.1, 0.15) is 12.4 Å². The van der Waals surface area contributed by atoms with Crippen LogP contribution in [0.3, 0.4) is 0 Å². The Hall–Kier alpha value is -1.81. The maximum Gasteiger partial charge on any atom is 0.410 e. The number of aromatic nitrogens is 2. The minimum Gasteiger partial charge on any atom is -0.376 e. The van der Waals surface area contributed by atoms with E-state index in [0.29, 0.717) is 44.0 Å². The Labute approximate surface area is 180 Å². The van der Waals surface area contributed by atoms with Gasteiger partial charge in [-0.2, -0.15) is 18.3 Å². The number of fused-ring (bicyclic) bond motifs is 1. The lowest BCUT2D eigenvalue weighted by Crippen LogP contribution is -2.47. The van der Waals surface area contributed by atoms with Crippen LogP contribution in [0.2, 0.25) is 0 Å². The molecule has 0 spiro atoms. The third-order valence-corrected chi connectivity index (χ3v) is 6.61. The highest BCUT2D eigenvalue weighted by Crippen LogP contribution is 2.42. The smallest absolute Gasteiger partial charge is 0.376 e. The Morgan fingerprint density at radius 1 is 1.29 bits per heavy atom. The number of rotatable bonds is 5. The van der Waals surface area contributed by atoms with Crippen molar-refractivity contribution in [3.8, 4) is 0 Å². The Kier molecular flexibility index (Phi) is 6.76. The molecule has 10 heteroatoms. The molecule has 2 saturated heterocycles. The summed E-state index contributed by atoms with van der Waals surface area (Å²) in [5, 5.41) is 7.30. The standard InChI is InChI=1S/C21H31F3N4O3/c1-14-10-19-25-17(11-18(21(22,23)24)28(19)26-14)15-5-7-27(8-6-15)20(29)13-30-12-16-4-2-3-9-31-16/h10,15-18,25H,2-9,11-13H2,1H3/t16-,17-,18+/m0/s1. The minimum absolute atomic E-state index is 0.0286. The lowest BCUT2D eigenvalue weighted by Gasteiger charge is -2.41. The van der Waals surface area contributed by atoms with Gasteiger partial charge in [0, 0.05) is 31.8 Å². The van der Waals surface area contributed by atoms with Gasteiger partial charge in [-0.15, -0.1) is 0 Å². The van der Waals surface area contributed by atoms with Crippen LogP contribution in [0.1, 0.15) is 50.3 Å². The molecule has 1 N–H and O–H groups in total. The van der Waals surface area contributed by atoms with Crippen LogP contribution in [0.15, 0.2) is 6.07 Å². The summed E-state index contributed by atoms with van der Waals surface area (Å²) in [6.07, 6.45) is 0.199. The predicted octanol–water partition coefficient (Wildman–Crippen LogP) is 3.30. The van der Waals surface area contributed by atoms with Gasteiger partial charge >= 0.3 is 6.18 Å². The second-order valence-corrected chi connectivity index (χ2v) is 8.88. The molecule has 3 aliphatic heterocycles. The number of carbonyl (C=O) groups excluding carboxylic acids is 1. The number of nitrogens with one attached hydrogen (secondary N) is 1. The normalized spacial score (nSPS) is 27.6. The number of hydrogen-bond donors (Lipinski definition) is 1. The van der Waals surface area contributed by atoms with E-state index in [4.69, 9.17) is 9.47 Å². The number of ether oxygens (including phenoxy) is 2. The summed E-state index contributed by atoms with van der Waals surface area (Å²) in [6.45, 7) is 3.99. The average molecular weight is 444 g/mol. The van der Waals surface area contributed by atoms with E-state index in [-0.39, 0.29) is 37.0 Å². The summed E-state index contributed by atoms with van der Waals surface area (Å²) in [6, 6.07) is -0.235. The topological polar surface area (TPSA) is 68.6 Å². The van der Waals surface area contributed by atoms with Crippen molar-refractivity contribution in [1.82, 2.24) is 14.7 Å². The lowest BCUT2D eigenvalue weighted by molar-refractivity contribution is -0.174. The molecular formula is C21H31F3N4O3. The number of anilines is 1. The summed E-state index contributed by atoms with van der Waals surface area (Å²) in [7, 11) is 0. The van der Waals surface area contributed by atoms with Crippen molar-refractivity contribution < 1.29 is 27.4 Å². The first-order valence-electron chi connectivity index (χ1n) is 11.2. The number of piperidine rings is 1. The van der Waals surface area contributed by atoms with Crippen LogP contribution >= 0.6 is 0 Å². The van der Waals surface area contributed by atoms with E-state index in [2.05, 4.69) is 10.4 Å². The number of carbonyl (C=O) groups is 1. The third kappa shape index (κ3) is 5.34. The van der Waals surface area contributed by atoms with Crippen LogP contribution in [0.5, 0.6) is 0 Å². The maximum atomic E-state index is 13.6. The van der Waals surface area contributed by atoms with Crippen LogP contribution in [-0.2, 0) is 14.3 Å². The van der Waals surface area contributed by atoms with E-state index < -0.39 is 12.2 Å². The molecular weight excluding hydrogens is 413 g/mol. The van der Waals surface area contributed by atoms with Crippen molar-refractivity contribution in [3.05, 3.63) is 11.8 Å². The molecule has 1 amide bonds. The van der Waals surface area contributed by atoms with Gasteiger partial charge in [0.15, 0.2) is 6.04 Å². The van der Waals surface area contributed by atoms with E-state index in [1.54, 1.807) is 17.9 Å². The van der Waals surface area contributed by atoms with Gasteiger partial charge in [0.2, 0.25) is 5.91 Å². The number of likely N-dealkylation sites (tertiary alicyclic amines) is 1. The highest BCUT2D eigenvalue weighted by Gasteiger charge is 2.47. The predicted molar refractivity (Wildman–Crippen MR) is 108 cm³/mol. The molecule has 0 saturated carbocycles. The van der Waals surface area contributed by atoms with E-state index >= 15 is 0 Å². The molecule has 0 radical (unpaired) electrons. The van der Waals surface area contributed by atoms with Gasteiger partial charge in [0.05, 0.1) is 18.4 Å². The number of aryl methyl sites for hydroxylation is 1. The van der Waals surface area contributed by atoms with Crippen molar-refractivity contribution in [2.75, 3.05) is 38.2 Å². The molecule has 1 aromatic rings. The van der Waals surface area contributed by atoms with Crippen LogP contribution in [0.25, 0.3) is 0 Å². The molecule has 0 unspecified atom stereocenters. The average Bonchev–Trinajstić information content (AvgIpc) is 3.13. The first-order valence-corrected chi connectivity index (χ1v) is 11.2. The summed E-state index contributed by atoms with van der Waals surface area (Å²) < 4.78 is 53.1. The van der Waals surface area contributed by atoms with E-state index in [9.17, 15) is 18.0 Å². The molecule has 3 aliphatic rings. The molecule has 0 aliphatic carbocycles. The van der Waals surface area contributed by atoms with Crippen molar-refractivity contribution in [2.24, 2.45) is 5.92 Å². The van der Waals surface area contributed by atoms with Crippen molar-refractivity contribution in [1.29, 1.82) is 0 Å². The highest BCUT2D eigenvalue weighted by molar-refractivity contribution is 5.77. The summed E-state index contributed by atoms with van der Waals surface area (Å²) in [4.78, 5) is 14.2. The van der Waals surface area contributed by atoms with Gasteiger partial charge < -0.3 is 19.7 Å². The number of hydrogen-bond acceptors (Lipinski definition) is 5. The van der Waals surface area contributed by atoms with Crippen molar-refractivity contribution in [3.63, 3.8) is 0 Å². The Balaban J connectivity index is 1.27. The third-order valence-electron chi connectivity index (χ3n) is 6.61. The molecule has 7 nitrogen and oxygen atoms in total. The number of amides is 1.